The van der Waals surface area contributed by atoms with Crippen molar-refractivity contribution in [2.45, 2.75) is 71.3 Å². The first-order valence-corrected chi connectivity index (χ1v) is 10.8. The Balaban J connectivity index is 1.62. The Morgan fingerprint density at radius 1 is 1.08 bits per heavy atom. The van der Waals surface area contributed by atoms with E-state index in [1.807, 2.05) is 6.08 Å². The Morgan fingerprint density at radius 3 is 2.56 bits per heavy atom. The minimum absolute atomic E-state index is 0.113. The molecule has 0 aromatic heterocycles. The van der Waals surface area contributed by atoms with Crippen molar-refractivity contribution in [2.75, 3.05) is 0 Å². The van der Waals surface area contributed by atoms with Crippen LogP contribution in [0.1, 0.15) is 65.2 Å². The molecule has 25 heavy (non-hydrogen) atoms. The van der Waals surface area contributed by atoms with Crippen LogP contribution in [0.4, 0.5) is 0 Å². The topological polar surface area (TPSA) is 83.5 Å². The van der Waals surface area contributed by atoms with E-state index in [0.717, 1.165) is 38.5 Å². The van der Waals surface area contributed by atoms with Crippen LogP contribution in [0.3, 0.4) is 0 Å². The lowest BCUT2D eigenvalue weighted by Crippen LogP contribution is -2.51. The zero-order chi connectivity index (χ0) is 18.0. The second-order valence-electron chi connectivity index (χ2n) is 9.08. The number of rotatable bonds is 2. The van der Waals surface area contributed by atoms with Gasteiger partial charge in [0.25, 0.3) is 0 Å². The van der Waals surface area contributed by atoms with Crippen molar-refractivity contribution in [2.24, 2.45) is 28.6 Å². The Labute approximate surface area is 150 Å². The molecular weight excluding hydrogens is 340 g/mol. The number of fused-ring (bicyclic) bond motifs is 5. The number of ketones is 1. The molecular formula is C19H27O5S-. The molecule has 4 aliphatic rings. The number of carbonyl (C=O) groups excluding carboxylic acids is 1. The summed E-state index contributed by atoms with van der Waals surface area (Å²) >= 11 is 0. The molecule has 0 spiro atoms. The lowest BCUT2D eigenvalue weighted by molar-refractivity contribution is -0.117. The van der Waals surface area contributed by atoms with Crippen LogP contribution in [0.15, 0.2) is 11.6 Å². The first kappa shape index (κ1) is 17.7. The van der Waals surface area contributed by atoms with E-state index in [1.54, 1.807) is 0 Å². The second kappa shape index (κ2) is 5.64. The third kappa shape index (κ3) is 2.72. The van der Waals surface area contributed by atoms with Crippen LogP contribution in [-0.4, -0.2) is 24.9 Å². The Hall–Kier alpha value is -0.720. The van der Waals surface area contributed by atoms with E-state index in [4.69, 9.17) is 4.18 Å². The summed E-state index contributed by atoms with van der Waals surface area (Å²) in [5.74, 6) is 1.77. The molecule has 5 nitrogen and oxygen atoms in total. The van der Waals surface area contributed by atoms with Gasteiger partial charge in [0.2, 0.25) is 10.4 Å². The molecule has 0 aromatic rings. The lowest BCUT2D eigenvalue weighted by Gasteiger charge is -2.57. The largest absolute Gasteiger partial charge is 0.726 e. The summed E-state index contributed by atoms with van der Waals surface area (Å²) in [7, 11) is -4.66. The first-order chi connectivity index (χ1) is 11.6. The molecule has 0 aromatic carbocycles. The fraction of sp³-hybridized carbons (Fsp3) is 0.842. The summed E-state index contributed by atoms with van der Waals surface area (Å²) in [4.78, 5) is 11.9. The molecule has 0 saturated heterocycles. The van der Waals surface area contributed by atoms with Crippen LogP contribution >= 0.6 is 0 Å². The zero-order valence-corrected chi connectivity index (χ0v) is 15.8. The van der Waals surface area contributed by atoms with Gasteiger partial charge in [0.1, 0.15) is 0 Å². The van der Waals surface area contributed by atoms with Crippen LogP contribution in [0.25, 0.3) is 0 Å². The van der Waals surface area contributed by atoms with E-state index in [1.165, 1.54) is 5.57 Å². The van der Waals surface area contributed by atoms with E-state index < -0.39 is 16.5 Å². The third-order valence-electron chi connectivity index (χ3n) is 8.11. The van der Waals surface area contributed by atoms with Crippen molar-refractivity contribution in [1.82, 2.24) is 0 Å². The predicted octanol–water partition coefficient (Wildman–Crippen LogP) is 3.36. The quantitative estimate of drug-likeness (QED) is 0.552. The van der Waals surface area contributed by atoms with Gasteiger partial charge in [0, 0.05) is 6.42 Å². The van der Waals surface area contributed by atoms with Crippen molar-refractivity contribution < 1.29 is 21.9 Å². The predicted molar refractivity (Wildman–Crippen MR) is 91.3 cm³/mol. The van der Waals surface area contributed by atoms with Crippen molar-refractivity contribution in [3.8, 4) is 0 Å². The zero-order valence-electron chi connectivity index (χ0n) is 15.0. The summed E-state index contributed by atoms with van der Waals surface area (Å²) in [5, 5.41) is 0. The number of carbonyl (C=O) groups is 1. The summed E-state index contributed by atoms with van der Waals surface area (Å²) in [6, 6.07) is 0. The standard InChI is InChI=1S/C19H28O5S/c1-18-9-7-13(20)11-12(18)3-4-14-15-5-6-17(24-25(21,22)23)19(15,2)10-8-16(14)18/h11,14-17H,3-10H2,1-2H3,(H,21,22,23)/p-1/t14-,15-,16-,17+,18-,19-/m0/s1. The summed E-state index contributed by atoms with van der Waals surface area (Å²) in [5.41, 5.74) is 1.23. The molecule has 4 rings (SSSR count). The monoisotopic (exact) mass is 367 g/mol. The minimum atomic E-state index is -4.66. The summed E-state index contributed by atoms with van der Waals surface area (Å²) in [6.45, 7) is 4.45. The summed E-state index contributed by atoms with van der Waals surface area (Å²) < 4.78 is 38.4. The smallest absolute Gasteiger partial charge is 0.217 e. The Morgan fingerprint density at radius 2 is 1.84 bits per heavy atom. The van der Waals surface area contributed by atoms with Crippen LogP contribution in [-0.2, 0) is 19.4 Å². The van der Waals surface area contributed by atoms with Crippen LogP contribution in [0, 0.1) is 28.6 Å². The van der Waals surface area contributed by atoms with Crippen molar-refractivity contribution in [3.05, 3.63) is 11.6 Å². The van der Waals surface area contributed by atoms with Gasteiger partial charge in [-0.25, -0.2) is 8.42 Å². The van der Waals surface area contributed by atoms with Crippen LogP contribution in [0.2, 0.25) is 0 Å². The molecule has 4 aliphatic carbocycles. The van der Waals surface area contributed by atoms with Gasteiger partial charge in [0.05, 0.1) is 6.10 Å². The molecule has 0 aliphatic heterocycles. The average Bonchev–Trinajstić information content (AvgIpc) is 2.83. The molecule has 0 heterocycles. The van der Waals surface area contributed by atoms with Crippen LogP contribution in [0.5, 0.6) is 0 Å². The van der Waals surface area contributed by atoms with Gasteiger partial charge >= 0.3 is 0 Å². The molecule has 0 amide bonds. The normalized spacial score (nSPS) is 46.8. The highest BCUT2D eigenvalue weighted by Crippen LogP contribution is 2.65. The van der Waals surface area contributed by atoms with Gasteiger partial charge in [-0.2, -0.15) is 0 Å². The second-order valence-corrected chi connectivity index (χ2v) is 10.1. The third-order valence-corrected chi connectivity index (χ3v) is 8.58. The average molecular weight is 367 g/mol. The van der Waals surface area contributed by atoms with E-state index in [0.29, 0.717) is 30.6 Å². The van der Waals surface area contributed by atoms with Crippen molar-refractivity contribution >= 4 is 16.2 Å². The lowest BCUT2D eigenvalue weighted by atomic mass is 9.47. The molecule has 0 unspecified atom stereocenters. The van der Waals surface area contributed by atoms with Gasteiger partial charge < -0.3 is 4.55 Å². The van der Waals surface area contributed by atoms with Gasteiger partial charge in [-0.15, -0.1) is 0 Å². The number of hydrogen-bond acceptors (Lipinski definition) is 5. The van der Waals surface area contributed by atoms with Crippen molar-refractivity contribution in [3.63, 3.8) is 0 Å². The van der Waals surface area contributed by atoms with Gasteiger partial charge in [-0.3, -0.25) is 8.98 Å². The van der Waals surface area contributed by atoms with Gasteiger partial charge in [-0.05, 0) is 79.6 Å². The van der Waals surface area contributed by atoms with Gasteiger partial charge in [-0.1, -0.05) is 19.4 Å². The molecule has 6 heteroatoms. The maximum atomic E-state index is 11.9. The molecule has 0 radical (unpaired) electrons. The molecule has 140 valence electrons. The van der Waals surface area contributed by atoms with Crippen molar-refractivity contribution in [1.29, 1.82) is 0 Å². The summed E-state index contributed by atoms with van der Waals surface area (Å²) in [6.07, 6.45) is 8.57. The fourth-order valence-corrected chi connectivity index (χ4v) is 7.41. The SMILES string of the molecule is C[C@]12CC[C@H]3[C@@H](CCC4=CC(=O)CC[C@@]43C)[C@@H]1CC[C@H]2OS(=O)(=O)[O-]. The Bertz CT molecular complexity index is 726. The maximum absolute atomic E-state index is 11.9. The highest BCUT2D eigenvalue weighted by Gasteiger charge is 2.59. The van der Waals surface area contributed by atoms with E-state index in [-0.39, 0.29) is 16.6 Å². The highest BCUT2D eigenvalue weighted by atomic mass is 32.3. The van der Waals surface area contributed by atoms with E-state index >= 15 is 0 Å². The molecule has 0 N–H and O–H groups in total. The van der Waals surface area contributed by atoms with E-state index in [2.05, 4.69) is 13.8 Å². The van der Waals surface area contributed by atoms with Crippen LogP contribution < -0.4 is 0 Å². The number of hydrogen-bond donors (Lipinski definition) is 0. The Kier molecular flexibility index (Phi) is 3.99. The first-order valence-electron chi connectivity index (χ1n) is 9.51. The maximum Gasteiger partial charge on any atom is 0.217 e. The molecule has 3 saturated carbocycles. The fourth-order valence-electron chi connectivity index (χ4n) is 6.81. The van der Waals surface area contributed by atoms with E-state index in [9.17, 15) is 17.8 Å². The van der Waals surface area contributed by atoms with Gasteiger partial charge in [0.15, 0.2) is 5.78 Å². The number of allylic oxidation sites excluding steroid dienone is 1. The molecule has 6 atom stereocenters. The highest BCUT2D eigenvalue weighted by molar-refractivity contribution is 7.80. The molecule has 3 fully saturated rings. The minimum Gasteiger partial charge on any atom is -0.726 e. The molecule has 0 bridgehead atoms.